The van der Waals surface area contributed by atoms with Crippen molar-refractivity contribution in [3.63, 3.8) is 0 Å². The molecule has 0 unspecified atom stereocenters. The molecule has 0 radical (unpaired) electrons. The van der Waals surface area contributed by atoms with E-state index in [0.717, 1.165) is 101 Å². The van der Waals surface area contributed by atoms with Crippen LogP contribution < -0.4 is 0 Å². The van der Waals surface area contributed by atoms with Crippen LogP contribution in [0, 0.1) is 0 Å². The molecule has 0 aliphatic heterocycles. The zero-order chi connectivity index (χ0) is 52.4. The summed E-state index contributed by atoms with van der Waals surface area (Å²) in [5.74, 6) is 0. The van der Waals surface area contributed by atoms with Crippen LogP contribution >= 0.6 is 13.7 Å². The number of unbranched alkanes of at least 4 members (excludes halogenated alkanes) is 40. The molecular formula is C64H136O4P2S. The van der Waals surface area contributed by atoms with Gasteiger partial charge in [-0.15, -0.1) is 0 Å². The van der Waals surface area contributed by atoms with E-state index in [-0.39, 0.29) is 0 Å². The summed E-state index contributed by atoms with van der Waals surface area (Å²) >= 11 is 0. The van der Waals surface area contributed by atoms with Crippen molar-refractivity contribution < 1.29 is 16.4 Å². The normalized spacial score (nSPS) is 13.7. The molecule has 71 heavy (non-hydrogen) atoms. The Bertz CT molecular complexity index is 1070. The molecule has 0 atom stereocenters. The van der Waals surface area contributed by atoms with Crippen LogP contribution in [0.15, 0.2) is 0 Å². The predicted octanol–water partition coefficient (Wildman–Crippen LogP) is 24.1. The molecule has 0 aliphatic carbocycles. The molecule has 0 bridgehead atoms. The molecule has 0 amide bonds. The third kappa shape index (κ3) is 37.2. The van der Waals surface area contributed by atoms with Gasteiger partial charge in [0, 0.05) is 0 Å². The van der Waals surface area contributed by atoms with Crippen molar-refractivity contribution in [1.29, 1.82) is 0 Å². The first-order valence-electron chi connectivity index (χ1n) is 33.2. The van der Waals surface area contributed by atoms with Crippen LogP contribution in [0.25, 0.3) is 0 Å². The fourth-order valence-corrected chi connectivity index (χ4v) is 30.2. The molecule has 0 aromatic carbocycles. The Morgan fingerprint density at radius 3 is 0.451 bits per heavy atom. The van der Waals surface area contributed by atoms with Crippen LogP contribution in [0.1, 0.15) is 364 Å². The Balaban J connectivity index is 7.30. The summed E-state index contributed by atoms with van der Waals surface area (Å²) in [5.41, 5.74) is 0. The van der Waals surface area contributed by atoms with Crippen LogP contribution in [-0.4, -0.2) is 57.7 Å². The average molecular weight is 1060 g/mol. The second-order valence-corrected chi connectivity index (χ2v) is 37.2. The van der Waals surface area contributed by atoms with Gasteiger partial charge in [-0.1, -0.05) is 26.7 Å². The van der Waals surface area contributed by atoms with E-state index in [4.69, 9.17) is 7.94 Å². The van der Waals surface area contributed by atoms with Gasteiger partial charge in [0.25, 0.3) is 0 Å². The number of rotatable bonds is 60. The molecule has 0 N–H and O–H groups in total. The summed E-state index contributed by atoms with van der Waals surface area (Å²) in [6.45, 7) is 12.0. The molecule has 0 saturated carbocycles. The van der Waals surface area contributed by atoms with E-state index < -0.39 is 24.1 Å². The molecule has 0 aromatic heterocycles. The van der Waals surface area contributed by atoms with Gasteiger partial charge in [0.05, 0.1) is 0 Å². The Labute approximate surface area is 451 Å². The summed E-state index contributed by atoms with van der Waals surface area (Å²) < 4.78 is 47.4. The SMILES string of the molecule is CCCCCCCCCCCCCCP(CCCCCC)(CCCCCC)(CCCCCC)OS(=O)(=O)OP(CCCCCC)(CCCCCC)(CCCCCC)CCCCCCCCCCCCCC. The Kier molecular flexibility index (Phi) is 48.4. The topological polar surface area (TPSA) is 52.6 Å². The molecule has 432 valence electrons. The van der Waals surface area contributed by atoms with Gasteiger partial charge < -0.3 is 0 Å². The van der Waals surface area contributed by atoms with Gasteiger partial charge in [-0.05, 0) is 0 Å². The van der Waals surface area contributed by atoms with Gasteiger partial charge >= 0.3 is 427 Å². The summed E-state index contributed by atoms with van der Waals surface area (Å²) in [4.78, 5) is 0. The number of hydrogen-bond acceptors (Lipinski definition) is 4. The van der Waals surface area contributed by atoms with Crippen molar-refractivity contribution in [2.45, 2.75) is 364 Å². The molecule has 7 heteroatoms. The van der Waals surface area contributed by atoms with Crippen molar-refractivity contribution >= 4 is 24.1 Å². The summed E-state index contributed by atoms with van der Waals surface area (Å²) in [5, 5.41) is 0. The molecular weight excluding hydrogens is 927 g/mol. The molecule has 0 aliphatic rings. The van der Waals surface area contributed by atoms with E-state index in [1.165, 1.54) is 257 Å². The monoisotopic (exact) mass is 1060 g/mol. The molecule has 0 saturated heterocycles. The van der Waals surface area contributed by atoms with E-state index >= 15 is 8.42 Å². The summed E-state index contributed by atoms with van der Waals surface area (Å²) in [7, 11) is -4.29. The molecule has 0 fully saturated rings. The minimum atomic E-state index is -4.29. The minimum absolute atomic E-state index is 0.989. The molecule has 0 spiro atoms. The predicted molar refractivity (Wildman–Crippen MR) is 331 cm³/mol. The van der Waals surface area contributed by atoms with E-state index in [2.05, 4.69) is 55.4 Å². The summed E-state index contributed by atoms with van der Waals surface area (Å²) in [6, 6.07) is 0. The first-order valence-corrected chi connectivity index (χ1v) is 40.3. The molecule has 4 nitrogen and oxygen atoms in total. The maximum absolute atomic E-state index is 16.1. The first kappa shape index (κ1) is 71.7. The van der Waals surface area contributed by atoms with Crippen molar-refractivity contribution in [3.05, 3.63) is 0 Å². The van der Waals surface area contributed by atoms with Crippen LogP contribution in [-0.2, 0) is 18.3 Å². The van der Waals surface area contributed by atoms with Gasteiger partial charge in [0.1, 0.15) is 0 Å². The van der Waals surface area contributed by atoms with Crippen LogP contribution in [0.4, 0.5) is 0 Å². The second-order valence-electron chi connectivity index (χ2n) is 24.2. The zero-order valence-corrected chi connectivity index (χ0v) is 53.1. The van der Waals surface area contributed by atoms with E-state index in [9.17, 15) is 0 Å². The fraction of sp³-hybridized carbons (Fsp3) is 1.00. The van der Waals surface area contributed by atoms with Crippen molar-refractivity contribution in [3.8, 4) is 0 Å². The minimum Gasteiger partial charge on any atom is -0.0654 e. The number of hydrogen-bond donors (Lipinski definition) is 0. The first-order chi connectivity index (χ1) is 34.5. The van der Waals surface area contributed by atoms with Gasteiger partial charge in [0.2, 0.25) is 0 Å². The van der Waals surface area contributed by atoms with E-state index in [1.807, 2.05) is 0 Å². The Hall–Kier alpha value is 0.730. The third-order valence-corrected chi connectivity index (χ3v) is 33.6. The quantitative estimate of drug-likeness (QED) is 0.0450. The molecule has 0 aromatic rings. The van der Waals surface area contributed by atoms with Gasteiger partial charge in [0.15, 0.2) is 0 Å². The van der Waals surface area contributed by atoms with E-state index in [0.29, 0.717) is 0 Å². The van der Waals surface area contributed by atoms with Gasteiger partial charge in [-0.25, -0.2) is 0 Å². The van der Waals surface area contributed by atoms with Crippen LogP contribution in [0.5, 0.6) is 0 Å². The van der Waals surface area contributed by atoms with Crippen LogP contribution in [0.3, 0.4) is 0 Å². The molecule has 0 rings (SSSR count). The van der Waals surface area contributed by atoms with Gasteiger partial charge in [-0.3, -0.25) is 0 Å². The van der Waals surface area contributed by atoms with Crippen molar-refractivity contribution in [1.82, 2.24) is 0 Å². The second kappa shape index (κ2) is 47.9. The van der Waals surface area contributed by atoms with Crippen LogP contribution in [0.2, 0.25) is 0 Å². The summed E-state index contributed by atoms with van der Waals surface area (Å²) in [6.07, 6.45) is 68.1. The molecule has 0 heterocycles. The Morgan fingerprint density at radius 2 is 0.310 bits per heavy atom. The van der Waals surface area contributed by atoms with E-state index in [1.54, 1.807) is 0 Å². The smallest absolute Gasteiger partial charge is 0.0654 e. The van der Waals surface area contributed by atoms with Crippen molar-refractivity contribution in [2.75, 3.05) is 49.3 Å². The fourth-order valence-electron chi connectivity index (χ4n) is 12.5. The average Bonchev–Trinajstić information content (AvgIpc) is 3.35. The standard InChI is InChI=1S/C64H136O4P2S/c1-9-17-25-33-35-37-39-41-43-45-47-55-63-69(57-49-27-19-11-3,58-50-28-20-12-4,59-51-29-21-13-5)67-71(65,66)68-70(60-52-30-22-14-6,61-53-31-23-15-7,62-54-32-24-16-8)64-56-48-46-44-42-40-38-36-34-26-18-10-2/h9-64H2,1-8H3. The maximum atomic E-state index is 16.1. The van der Waals surface area contributed by atoms with Gasteiger partial charge in [-0.2, -0.15) is 0 Å². The zero-order valence-electron chi connectivity index (χ0n) is 50.5. The third-order valence-electron chi connectivity index (χ3n) is 17.2. The van der Waals surface area contributed by atoms with Crippen molar-refractivity contribution in [2.24, 2.45) is 0 Å². The Morgan fingerprint density at radius 1 is 0.197 bits per heavy atom.